The van der Waals surface area contributed by atoms with Crippen molar-refractivity contribution in [1.29, 1.82) is 0 Å². The van der Waals surface area contributed by atoms with Crippen molar-refractivity contribution in [3.05, 3.63) is 181 Å². The Morgan fingerprint density at radius 1 is 0.412 bits per heavy atom. The summed E-state index contributed by atoms with van der Waals surface area (Å²) in [6, 6.07) is 59.1. The predicted octanol–water partition coefficient (Wildman–Crippen LogP) is 11.6. The lowest BCUT2D eigenvalue weighted by Gasteiger charge is -2.11. The highest BCUT2D eigenvalue weighted by molar-refractivity contribution is 6.12. The fourth-order valence-electron chi connectivity index (χ4n) is 8.25. The lowest BCUT2D eigenvalue weighted by molar-refractivity contribution is 0.955. The summed E-state index contributed by atoms with van der Waals surface area (Å²) in [5.41, 5.74) is 15.3. The van der Waals surface area contributed by atoms with Crippen molar-refractivity contribution >= 4 is 43.6 Å². The molecule has 0 fully saturated rings. The van der Waals surface area contributed by atoms with Gasteiger partial charge in [-0.1, -0.05) is 115 Å². The quantitative estimate of drug-likeness (QED) is 0.190. The molecule has 0 saturated carbocycles. The highest BCUT2D eigenvalue weighted by Gasteiger charge is 2.22. The molecule has 10 aromatic rings. The Morgan fingerprint density at radius 3 is 1.76 bits per heavy atom. The van der Waals surface area contributed by atoms with Crippen LogP contribution < -0.4 is 0 Å². The summed E-state index contributed by atoms with van der Waals surface area (Å²) >= 11 is 0. The van der Waals surface area contributed by atoms with Gasteiger partial charge in [0.1, 0.15) is 0 Å². The zero-order chi connectivity index (χ0) is 33.5. The van der Waals surface area contributed by atoms with Gasteiger partial charge in [0.15, 0.2) is 0 Å². The van der Waals surface area contributed by atoms with E-state index in [1.807, 2.05) is 6.20 Å². The molecule has 0 saturated heterocycles. The van der Waals surface area contributed by atoms with Crippen LogP contribution in [0, 0.1) is 0 Å². The summed E-state index contributed by atoms with van der Waals surface area (Å²) in [7, 11) is 0. The van der Waals surface area contributed by atoms with Gasteiger partial charge in [0.05, 0.1) is 27.8 Å². The van der Waals surface area contributed by atoms with Crippen LogP contribution in [0.5, 0.6) is 0 Å². The number of rotatable bonds is 4. The third-order valence-electron chi connectivity index (χ3n) is 10.6. The molecule has 4 heteroatoms. The summed E-state index contributed by atoms with van der Waals surface area (Å²) in [6.45, 7) is 0. The number of aromatic nitrogens is 4. The second-order valence-electron chi connectivity index (χ2n) is 13.4. The Bertz CT molecular complexity index is 3000. The third kappa shape index (κ3) is 4.26. The molecule has 0 radical (unpaired) electrons. The smallest absolute Gasteiger partial charge is 0.234 e. The Hall–Kier alpha value is -6.78. The topological polar surface area (TPSA) is 35.6 Å². The van der Waals surface area contributed by atoms with Crippen LogP contribution in [0.25, 0.3) is 88.6 Å². The van der Waals surface area contributed by atoms with Gasteiger partial charge in [-0.15, -0.1) is 0 Å². The zero-order valence-electron chi connectivity index (χ0n) is 27.7. The van der Waals surface area contributed by atoms with Crippen LogP contribution in [0.15, 0.2) is 170 Å². The first-order chi connectivity index (χ1) is 25.3. The molecule has 0 aliphatic heterocycles. The average molecular weight is 651 g/mol. The van der Waals surface area contributed by atoms with Crippen molar-refractivity contribution in [2.45, 2.75) is 6.42 Å². The molecule has 4 nitrogen and oxygen atoms in total. The highest BCUT2D eigenvalue weighted by Crippen LogP contribution is 2.40. The molecule has 0 bridgehead atoms. The van der Waals surface area contributed by atoms with E-state index in [-0.39, 0.29) is 0 Å². The number of hydrogen-bond donors (Lipinski definition) is 0. The van der Waals surface area contributed by atoms with Crippen LogP contribution in [0.4, 0.5) is 0 Å². The van der Waals surface area contributed by atoms with Gasteiger partial charge >= 0.3 is 0 Å². The number of hydrogen-bond acceptors (Lipinski definition) is 2. The largest absolute Gasteiger partial charge is 0.309 e. The Labute approximate surface area is 294 Å². The van der Waals surface area contributed by atoms with Gasteiger partial charge in [0.2, 0.25) is 5.95 Å². The van der Waals surface area contributed by atoms with Crippen LogP contribution >= 0.6 is 0 Å². The van der Waals surface area contributed by atoms with E-state index in [1.165, 1.54) is 66.0 Å². The molecule has 0 N–H and O–H groups in total. The van der Waals surface area contributed by atoms with Crippen LogP contribution in [0.3, 0.4) is 0 Å². The molecule has 11 rings (SSSR count). The van der Waals surface area contributed by atoms with Crippen LogP contribution in [-0.2, 0) is 6.42 Å². The van der Waals surface area contributed by atoms with Crippen LogP contribution in [0.1, 0.15) is 11.3 Å². The SMILES string of the molecule is c1ccc(-c2cccc(-n3c4ccccc4c4cc(-c5ccc6c(c5)c5ccccc5n6-c5ncc6c(n5)Cc5ccccc5-6)ccc43)c2)cc1. The molecule has 3 aromatic heterocycles. The van der Waals surface area contributed by atoms with Crippen molar-refractivity contribution in [3.63, 3.8) is 0 Å². The van der Waals surface area contributed by atoms with Crippen molar-refractivity contribution in [2.24, 2.45) is 0 Å². The van der Waals surface area contributed by atoms with Gasteiger partial charge in [-0.2, -0.15) is 0 Å². The molecule has 1 aliphatic carbocycles. The minimum absolute atomic E-state index is 0.714. The van der Waals surface area contributed by atoms with E-state index >= 15 is 0 Å². The molecule has 3 heterocycles. The van der Waals surface area contributed by atoms with Crippen molar-refractivity contribution in [1.82, 2.24) is 19.1 Å². The third-order valence-corrected chi connectivity index (χ3v) is 10.6. The van der Waals surface area contributed by atoms with E-state index in [0.717, 1.165) is 34.4 Å². The van der Waals surface area contributed by atoms with Gasteiger partial charge in [-0.3, -0.25) is 4.57 Å². The van der Waals surface area contributed by atoms with Gasteiger partial charge in [-0.25, -0.2) is 9.97 Å². The fraction of sp³-hybridized carbons (Fsp3) is 0.0213. The average Bonchev–Trinajstić information content (AvgIpc) is 3.85. The first-order valence-corrected chi connectivity index (χ1v) is 17.5. The Morgan fingerprint density at radius 2 is 1.00 bits per heavy atom. The molecule has 7 aromatic carbocycles. The number of nitrogens with zero attached hydrogens (tertiary/aromatic N) is 4. The second-order valence-corrected chi connectivity index (χ2v) is 13.4. The van der Waals surface area contributed by atoms with Gasteiger partial charge in [-0.05, 0) is 81.9 Å². The summed E-state index contributed by atoms with van der Waals surface area (Å²) in [5.74, 6) is 0.714. The standard InChI is InChI=1S/C47H30N4/c1-2-11-30(12-3-1)31-14-10-15-35(25-31)50-43-19-8-6-17-37(43)39-26-32(21-23-45(39)50)33-22-24-46-40(27-33)38-18-7-9-20-44(38)51(46)47-48-29-41-36-16-5-4-13-34(36)28-42(41)49-47/h1-27,29H,28H2. The number of fused-ring (bicyclic) bond motifs is 9. The summed E-state index contributed by atoms with van der Waals surface area (Å²) in [4.78, 5) is 10.1. The fourth-order valence-corrected chi connectivity index (χ4v) is 8.25. The van der Waals surface area contributed by atoms with Gasteiger partial charge in [0.25, 0.3) is 0 Å². The maximum Gasteiger partial charge on any atom is 0.234 e. The first kappa shape index (κ1) is 28.1. The first-order valence-electron chi connectivity index (χ1n) is 17.5. The normalized spacial score (nSPS) is 12.2. The van der Waals surface area contributed by atoms with E-state index in [2.05, 4.69) is 173 Å². The maximum atomic E-state index is 5.15. The van der Waals surface area contributed by atoms with Crippen LogP contribution in [0.2, 0.25) is 0 Å². The monoisotopic (exact) mass is 650 g/mol. The Kier molecular flexibility index (Phi) is 5.98. The number of benzene rings is 7. The van der Waals surface area contributed by atoms with Crippen molar-refractivity contribution < 1.29 is 0 Å². The molecule has 51 heavy (non-hydrogen) atoms. The van der Waals surface area contributed by atoms with Gasteiger partial charge in [0, 0.05) is 45.4 Å². The predicted molar refractivity (Wildman–Crippen MR) is 210 cm³/mol. The molecule has 1 aliphatic rings. The second kappa shape index (κ2) is 10.9. The van der Waals surface area contributed by atoms with Gasteiger partial charge < -0.3 is 4.57 Å². The lowest BCUT2D eigenvalue weighted by Crippen LogP contribution is -2.03. The summed E-state index contributed by atoms with van der Waals surface area (Å²) in [6.07, 6.45) is 2.84. The van der Waals surface area contributed by atoms with E-state index < -0.39 is 0 Å². The summed E-state index contributed by atoms with van der Waals surface area (Å²) < 4.78 is 4.62. The molecule has 0 unspecified atom stereocenters. The summed E-state index contributed by atoms with van der Waals surface area (Å²) in [5, 5.41) is 4.87. The van der Waals surface area contributed by atoms with Crippen molar-refractivity contribution in [2.75, 3.05) is 0 Å². The van der Waals surface area contributed by atoms with Crippen LogP contribution in [-0.4, -0.2) is 19.1 Å². The minimum Gasteiger partial charge on any atom is -0.309 e. The molecule has 0 spiro atoms. The van der Waals surface area contributed by atoms with E-state index in [4.69, 9.17) is 9.97 Å². The lowest BCUT2D eigenvalue weighted by atomic mass is 10.0. The Balaban J connectivity index is 1.05. The molecular formula is C47H30N4. The molecule has 0 atom stereocenters. The number of para-hydroxylation sites is 2. The molecular weight excluding hydrogens is 621 g/mol. The molecule has 238 valence electrons. The zero-order valence-corrected chi connectivity index (χ0v) is 27.7. The maximum absolute atomic E-state index is 5.15. The van der Waals surface area contributed by atoms with E-state index in [1.54, 1.807) is 0 Å². The van der Waals surface area contributed by atoms with E-state index in [9.17, 15) is 0 Å². The van der Waals surface area contributed by atoms with Crippen molar-refractivity contribution in [3.8, 4) is 45.0 Å². The minimum atomic E-state index is 0.714. The highest BCUT2D eigenvalue weighted by atomic mass is 15.2. The van der Waals surface area contributed by atoms with E-state index in [0.29, 0.717) is 5.95 Å². The molecule has 0 amide bonds.